The Hall–Kier alpha value is -1.75. The summed E-state index contributed by atoms with van der Waals surface area (Å²) in [4.78, 5) is 18.6. The smallest absolute Gasteiger partial charge is 0.255 e. The second kappa shape index (κ2) is 5.93. The van der Waals surface area contributed by atoms with Crippen molar-refractivity contribution in [3.8, 4) is 0 Å². The topological polar surface area (TPSA) is 33.2 Å². The first-order valence-electron chi connectivity index (χ1n) is 5.99. The van der Waals surface area contributed by atoms with Crippen LogP contribution >= 0.6 is 11.3 Å². The summed E-state index contributed by atoms with van der Waals surface area (Å²) in [6, 6.07) is 6.79. The quantitative estimate of drug-likeness (QED) is 0.806. The van der Waals surface area contributed by atoms with Crippen molar-refractivity contribution in [1.29, 1.82) is 0 Å². The molecule has 100 valence electrons. The van der Waals surface area contributed by atoms with E-state index in [4.69, 9.17) is 0 Å². The van der Waals surface area contributed by atoms with E-state index in [-0.39, 0.29) is 11.9 Å². The molecule has 19 heavy (non-hydrogen) atoms. The van der Waals surface area contributed by atoms with Crippen molar-refractivity contribution in [2.45, 2.75) is 19.4 Å². The van der Waals surface area contributed by atoms with Gasteiger partial charge in [-0.2, -0.15) is 4.39 Å². The molecule has 0 saturated heterocycles. The highest BCUT2D eigenvalue weighted by Gasteiger charge is 2.18. The molecule has 0 radical (unpaired) electrons. The molecule has 0 saturated carbocycles. The number of carbonyl (C=O) groups is 1. The molecule has 2 aromatic rings. The van der Waals surface area contributed by atoms with E-state index in [9.17, 15) is 9.18 Å². The first-order chi connectivity index (χ1) is 9.08. The molecule has 0 spiro atoms. The lowest BCUT2D eigenvalue weighted by Gasteiger charge is -2.24. The Bertz CT molecular complexity index is 539. The summed E-state index contributed by atoms with van der Waals surface area (Å²) in [7, 11) is 1.75. The number of pyridine rings is 1. The number of nitrogens with zero attached hydrogens (tertiary/aromatic N) is 2. The minimum atomic E-state index is -0.578. The fourth-order valence-electron chi connectivity index (χ4n) is 1.76. The summed E-state index contributed by atoms with van der Waals surface area (Å²) in [5.41, 5.74) is 0.405. The van der Waals surface area contributed by atoms with E-state index in [2.05, 4.69) is 11.1 Å². The van der Waals surface area contributed by atoms with Crippen LogP contribution in [0.15, 0.2) is 35.8 Å². The number of halogens is 1. The molecule has 1 amide bonds. The van der Waals surface area contributed by atoms with Gasteiger partial charge in [0.2, 0.25) is 5.95 Å². The third-order valence-electron chi connectivity index (χ3n) is 3.03. The van der Waals surface area contributed by atoms with Gasteiger partial charge in [-0.05, 0) is 30.5 Å². The first-order valence-corrected chi connectivity index (χ1v) is 6.87. The van der Waals surface area contributed by atoms with Crippen LogP contribution in [0.5, 0.6) is 0 Å². The maximum Gasteiger partial charge on any atom is 0.255 e. The number of rotatable bonds is 4. The van der Waals surface area contributed by atoms with Crippen molar-refractivity contribution in [2.24, 2.45) is 0 Å². The third-order valence-corrected chi connectivity index (χ3v) is 3.93. The number of amides is 1. The van der Waals surface area contributed by atoms with Gasteiger partial charge in [0.15, 0.2) is 0 Å². The Morgan fingerprint density at radius 1 is 1.47 bits per heavy atom. The average molecular weight is 278 g/mol. The van der Waals surface area contributed by atoms with Crippen LogP contribution in [0.4, 0.5) is 4.39 Å². The van der Waals surface area contributed by atoms with Gasteiger partial charge in [0.1, 0.15) is 0 Å². The van der Waals surface area contributed by atoms with Crippen LogP contribution in [-0.2, 0) is 6.42 Å². The zero-order valence-electron chi connectivity index (χ0n) is 10.8. The van der Waals surface area contributed by atoms with Gasteiger partial charge < -0.3 is 4.90 Å². The molecule has 3 nitrogen and oxygen atoms in total. The van der Waals surface area contributed by atoms with Gasteiger partial charge in [-0.25, -0.2) is 4.98 Å². The molecule has 0 N–H and O–H groups in total. The molecule has 0 aliphatic carbocycles. The van der Waals surface area contributed by atoms with E-state index in [1.807, 2.05) is 18.4 Å². The van der Waals surface area contributed by atoms with Crippen molar-refractivity contribution in [3.63, 3.8) is 0 Å². The van der Waals surface area contributed by atoms with E-state index in [0.29, 0.717) is 5.56 Å². The molecule has 0 aromatic carbocycles. The summed E-state index contributed by atoms with van der Waals surface area (Å²) in [6.07, 6.45) is 2.08. The van der Waals surface area contributed by atoms with Crippen LogP contribution in [0.1, 0.15) is 22.2 Å². The van der Waals surface area contributed by atoms with Crippen molar-refractivity contribution >= 4 is 17.2 Å². The van der Waals surface area contributed by atoms with E-state index in [1.54, 1.807) is 23.3 Å². The number of thiophene rings is 1. The number of carbonyl (C=O) groups excluding carboxylic acids is 1. The number of hydrogen-bond donors (Lipinski definition) is 0. The Kier molecular flexibility index (Phi) is 4.27. The summed E-state index contributed by atoms with van der Waals surface area (Å²) in [6.45, 7) is 1.99. The van der Waals surface area contributed by atoms with Crippen LogP contribution in [0.2, 0.25) is 0 Å². The average Bonchev–Trinajstić information content (AvgIpc) is 2.90. The van der Waals surface area contributed by atoms with Gasteiger partial charge in [0.05, 0.1) is 5.56 Å². The van der Waals surface area contributed by atoms with Crippen LogP contribution in [0.25, 0.3) is 0 Å². The lowest BCUT2D eigenvalue weighted by molar-refractivity contribution is 0.0743. The monoisotopic (exact) mass is 278 g/mol. The molecule has 2 rings (SSSR count). The summed E-state index contributed by atoms with van der Waals surface area (Å²) < 4.78 is 12.7. The van der Waals surface area contributed by atoms with Crippen LogP contribution in [0.3, 0.4) is 0 Å². The Morgan fingerprint density at radius 3 is 2.84 bits per heavy atom. The van der Waals surface area contributed by atoms with Gasteiger partial charge in [-0.1, -0.05) is 6.07 Å². The molecule has 2 aromatic heterocycles. The van der Waals surface area contributed by atoms with Gasteiger partial charge in [0.25, 0.3) is 5.91 Å². The highest BCUT2D eigenvalue weighted by molar-refractivity contribution is 7.09. The molecular formula is C14H15FN2OS. The predicted molar refractivity (Wildman–Crippen MR) is 73.8 cm³/mol. The first kappa shape index (κ1) is 13.7. The minimum absolute atomic E-state index is 0.0798. The molecule has 0 aliphatic rings. The summed E-state index contributed by atoms with van der Waals surface area (Å²) in [5, 5.41) is 2.02. The second-order valence-corrected chi connectivity index (χ2v) is 5.45. The van der Waals surface area contributed by atoms with Gasteiger partial charge >= 0.3 is 0 Å². The fraction of sp³-hybridized carbons (Fsp3) is 0.286. The molecule has 5 heteroatoms. The third kappa shape index (κ3) is 3.38. The minimum Gasteiger partial charge on any atom is -0.339 e. The summed E-state index contributed by atoms with van der Waals surface area (Å²) in [5.74, 6) is -0.720. The molecule has 0 fully saturated rings. The highest BCUT2D eigenvalue weighted by atomic mass is 32.1. The summed E-state index contributed by atoms with van der Waals surface area (Å²) >= 11 is 1.68. The SMILES string of the molecule is CC(Cc1cccs1)N(C)C(=O)c1ccc(F)nc1. The van der Waals surface area contributed by atoms with E-state index >= 15 is 0 Å². The Morgan fingerprint density at radius 2 is 2.26 bits per heavy atom. The Labute approximate surface area is 115 Å². The maximum atomic E-state index is 12.7. The van der Waals surface area contributed by atoms with Crippen LogP contribution < -0.4 is 0 Å². The predicted octanol–water partition coefficient (Wildman–Crippen LogP) is 2.99. The van der Waals surface area contributed by atoms with E-state index in [0.717, 1.165) is 6.42 Å². The maximum absolute atomic E-state index is 12.7. The Balaban J connectivity index is 2.04. The highest BCUT2D eigenvalue weighted by Crippen LogP contribution is 2.15. The second-order valence-electron chi connectivity index (χ2n) is 4.42. The number of hydrogen-bond acceptors (Lipinski definition) is 3. The molecular weight excluding hydrogens is 263 g/mol. The lowest BCUT2D eigenvalue weighted by Crippen LogP contribution is -2.36. The zero-order valence-corrected chi connectivity index (χ0v) is 11.7. The number of aromatic nitrogens is 1. The molecule has 0 aliphatic heterocycles. The van der Waals surface area contributed by atoms with Gasteiger partial charge in [0, 0.05) is 30.6 Å². The number of likely N-dealkylation sites (N-methyl/N-ethyl adjacent to an activating group) is 1. The van der Waals surface area contributed by atoms with Crippen LogP contribution in [-0.4, -0.2) is 28.9 Å². The molecule has 1 atom stereocenters. The largest absolute Gasteiger partial charge is 0.339 e. The van der Waals surface area contributed by atoms with Gasteiger partial charge in [-0.3, -0.25) is 4.79 Å². The fourth-order valence-corrected chi connectivity index (χ4v) is 2.59. The van der Waals surface area contributed by atoms with E-state index in [1.165, 1.54) is 23.2 Å². The van der Waals surface area contributed by atoms with Crippen molar-refractivity contribution in [3.05, 3.63) is 52.2 Å². The lowest BCUT2D eigenvalue weighted by atomic mass is 10.1. The molecule has 1 unspecified atom stereocenters. The van der Waals surface area contributed by atoms with E-state index < -0.39 is 5.95 Å². The zero-order chi connectivity index (χ0) is 13.8. The van der Waals surface area contributed by atoms with Crippen molar-refractivity contribution in [2.75, 3.05) is 7.05 Å². The van der Waals surface area contributed by atoms with Crippen LogP contribution in [0, 0.1) is 5.95 Å². The molecule has 0 bridgehead atoms. The molecule has 2 heterocycles. The van der Waals surface area contributed by atoms with Crippen molar-refractivity contribution in [1.82, 2.24) is 9.88 Å². The van der Waals surface area contributed by atoms with Crippen molar-refractivity contribution < 1.29 is 9.18 Å². The van der Waals surface area contributed by atoms with Gasteiger partial charge in [-0.15, -0.1) is 11.3 Å². The normalized spacial score (nSPS) is 12.2. The standard InChI is InChI=1S/C14H15FN2OS/c1-10(8-12-4-3-7-19-12)17(2)14(18)11-5-6-13(15)16-9-11/h3-7,9-10H,8H2,1-2H3.